The summed E-state index contributed by atoms with van der Waals surface area (Å²) >= 11 is 6.04. The zero-order chi connectivity index (χ0) is 24.6. The van der Waals surface area contributed by atoms with Gasteiger partial charge in [0.05, 0.1) is 6.04 Å². The molecule has 4 nitrogen and oxygen atoms in total. The summed E-state index contributed by atoms with van der Waals surface area (Å²) in [5, 5.41) is 0.577. The monoisotopic (exact) mass is 482 g/mol. The number of anilines is 2. The number of carbonyl (C=O) groups excluding carboxylic acids is 2. The lowest BCUT2D eigenvalue weighted by molar-refractivity contribution is -0.117. The van der Waals surface area contributed by atoms with Gasteiger partial charge in [0.1, 0.15) is 0 Å². The van der Waals surface area contributed by atoms with E-state index in [0.717, 1.165) is 18.2 Å². The molecule has 34 heavy (non-hydrogen) atoms. The van der Waals surface area contributed by atoms with Crippen LogP contribution >= 0.6 is 11.6 Å². The molecule has 0 radical (unpaired) electrons. The lowest BCUT2D eigenvalue weighted by Gasteiger charge is -2.43. The van der Waals surface area contributed by atoms with E-state index in [2.05, 4.69) is 0 Å². The van der Waals surface area contributed by atoms with E-state index in [0.29, 0.717) is 22.7 Å². The maximum atomic E-state index is 13.6. The van der Waals surface area contributed by atoms with Crippen molar-refractivity contribution in [1.82, 2.24) is 0 Å². The van der Waals surface area contributed by atoms with E-state index in [1.807, 2.05) is 31.2 Å². The highest BCUT2D eigenvalue weighted by Gasteiger charge is 2.38. The molecule has 0 fully saturated rings. The minimum Gasteiger partial charge on any atom is -0.305 e. The second kappa shape index (κ2) is 9.18. The molecule has 0 bridgehead atoms. The molecular formula is C27H25ClF2N2O2. The number of alkyl halides is 2. The highest BCUT2D eigenvalue weighted by Crippen LogP contribution is 2.43. The van der Waals surface area contributed by atoms with Gasteiger partial charge in [0.2, 0.25) is 5.91 Å². The van der Waals surface area contributed by atoms with Crippen LogP contribution in [0.2, 0.25) is 5.02 Å². The van der Waals surface area contributed by atoms with E-state index in [1.54, 1.807) is 34.1 Å². The topological polar surface area (TPSA) is 40.6 Å². The number of hydrogen-bond acceptors (Lipinski definition) is 2. The number of nitrogens with zero attached hydrogens (tertiary/aromatic N) is 2. The number of benzene rings is 3. The van der Waals surface area contributed by atoms with Crippen molar-refractivity contribution >= 4 is 34.8 Å². The van der Waals surface area contributed by atoms with Crippen LogP contribution in [0.5, 0.6) is 0 Å². The molecule has 3 aromatic carbocycles. The number of para-hydroxylation sites is 1. The summed E-state index contributed by atoms with van der Waals surface area (Å²) in [6, 6.07) is 19.5. The molecule has 0 saturated carbocycles. The molecule has 0 N–H and O–H groups in total. The van der Waals surface area contributed by atoms with Gasteiger partial charge in [0.15, 0.2) is 0 Å². The maximum absolute atomic E-state index is 13.6. The predicted octanol–water partition coefficient (Wildman–Crippen LogP) is 6.98. The number of amides is 2. The first-order chi connectivity index (χ1) is 16.1. The van der Waals surface area contributed by atoms with Crippen LogP contribution in [0.4, 0.5) is 20.2 Å². The summed E-state index contributed by atoms with van der Waals surface area (Å²) in [6.07, 6.45) is 0.510. The summed E-state index contributed by atoms with van der Waals surface area (Å²) < 4.78 is 27.2. The number of hydrogen-bond donors (Lipinski definition) is 0. The minimum absolute atomic E-state index is 0.120. The van der Waals surface area contributed by atoms with Crippen molar-refractivity contribution in [2.45, 2.75) is 45.2 Å². The van der Waals surface area contributed by atoms with Crippen LogP contribution in [0, 0.1) is 0 Å². The SMILES string of the molecule is CC(=O)N(c1ccc(Cl)cc1)C1CC(C)N(C(=O)c2ccc(C(C)(F)F)cc2)c2ccccc21. The van der Waals surface area contributed by atoms with Crippen molar-refractivity contribution in [3.63, 3.8) is 0 Å². The maximum Gasteiger partial charge on any atom is 0.270 e. The van der Waals surface area contributed by atoms with Gasteiger partial charge >= 0.3 is 0 Å². The van der Waals surface area contributed by atoms with Crippen LogP contribution in [-0.4, -0.2) is 17.9 Å². The fourth-order valence-corrected chi connectivity index (χ4v) is 4.69. The third-order valence-corrected chi connectivity index (χ3v) is 6.43. The number of fused-ring (bicyclic) bond motifs is 1. The molecule has 2 amide bonds. The van der Waals surface area contributed by atoms with Gasteiger partial charge in [0, 0.05) is 47.4 Å². The van der Waals surface area contributed by atoms with Gasteiger partial charge < -0.3 is 9.80 Å². The van der Waals surface area contributed by atoms with Gasteiger partial charge in [-0.25, -0.2) is 8.78 Å². The Labute approximate surface area is 202 Å². The fraction of sp³-hybridized carbons (Fsp3) is 0.259. The first kappa shape index (κ1) is 23.9. The molecule has 0 aromatic heterocycles. The number of rotatable bonds is 4. The molecule has 0 spiro atoms. The number of carbonyl (C=O) groups is 2. The Bertz CT molecular complexity index is 1210. The summed E-state index contributed by atoms with van der Waals surface area (Å²) in [4.78, 5) is 29.7. The van der Waals surface area contributed by atoms with Crippen molar-refractivity contribution in [2.75, 3.05) is 9.80 Å². The summed E-state index contributed by atoms with van der Waals surface area (Å²) in [5.74, 6) is -3.37. The Balaban J connectivity index is 1.73. The minimum atomic E-state index is -2.97. The quantitative estimate of drug-likeness (QED) is 0.402. The van der Waals surface area contributed by atoms with Crippen LogP contribution < -0.4 is 9.80 Å². The zero-order valence-corrected chi connectivity index (χ0v) is 19.9. The van der Waals surface area contributed by atoms with Gasteiger partial charge in [-0.15, -0.1) is 0 Å². The molecule has 1 aliphatic rings. The molecule has 0 saturated heterocycles. The molecule has 0 aliphatic carbocycles. The normalized spacial score (nSPS) is 17.8. The average molecular weight is 483 g/mol. The molecule has 1 heterocycles. The lowest BCUT2D eigenvalue weighted by Crippen LogP contribution is -2.47. The zero-order valence-electron chi connectivity index (χ0n) is 19.1. The van der Waals surface area contributed by atoms with Gasteiger partial charge in [-0.1, -0.05) is 41.9 Å². The van der Waals surface area contributed by atoms with Crippen LogP contribution in [-0.2, 0) is 10.7 Å². The molecule has 176 valence electrons. The van der Waals surface area contributed by atoms with E-state index >= 15 is 0 Å². The highest BCUT2D eigenvalue weighted by atomic mass is 35.5. The second-order valence-corrected chi connectivity index (χ2v) is 9.10. The van der Waals surface area contributed by atoms with Crippen LogP contribution in [0.1, 0.15) is 54.7 Å². The summed E-state index contributed by atoms with van der Waals surface area (Å²) in [5.41, 5.74) is 2.45. The first-order valence-electron chi connectivity index (χ1n) is 11.0. The molecule has 7 heteroatoms. The van der Waals surface area contributed by atoms with Crippen molar-refractivity contribution in [3.8, 4) is 0 Å². The highest BCUT2D eigenvalue weighted by molar-refractivity contribution is 6.30. The molecule has 1 aliphatic heterocycles. The van der Waals surface area contributed by atoms with Gasteiger partial charge in [-0.3, -0.25) is 9.59 Å². The second-order valence-electron chi connectivity index (χ2n) is 8.67. The first-order valence-corrected chi connectivity index (χ1v) is 11.4. The van der Waals surface area contributed by atoms with Gasteiger partial charge in [-0.2, -0.15) is 0 Å². The van der Waals surface area contributed by atoms with E-state index in [-0.39, 0.29) is 29.5 Å². The van der Waals surface area contributed by atoms with Gasteiger partial charge in [0.25, 0.3) is 11.8 Å². The summed E-state index contributed by atoms with van der Waals surface area (Å²) in [6.45, 7) is 4.27. The molecule has 3 aromatic rings. The molecular weight excluding hydrogens is 458 g/mol. The Morgan fingerprint density at radius 3 is 2.21 bits per heavy atom. The van der Waals surface area contributed by atoms with E-state index in [4.69, 9.17) is 11.6 Å². The van der Waals surface area contributed by atoms with Crippen LogP contribution in [0.25, 0.3) is 0 Å². The summed E-state index contributed by atoms with van der Waals surface area (Å²) in [7, 11) is 0. The Morgan fingerprint density at radius 2 is 1.62 bits per heavy atom. The van der Waals surface area contributed by atoms with E-state index < -0.39 is 5.92 Å². The van der Waals surface area contributed by atoms with Crippen LogP contribution in [0.3, 0.4) is 0 Å². The van der Waals surface area contributed by atoms with Crippen molar-refractivity contribution in [2.24, 2.45) is 0 Å². The smallest absolute Gasteiger partial charge is 0.270 e. The standard InChI is InChI=1S/C27H25ClF2N2O2/c1-17-16-25(32(18(2)33)22-14-12-21(28)13-15-22)23-6-4-5-7-24(23)31(17)26(34)19-8-10-20(11-9-19)27(3,29)30/h4-15,17,25H,16H2,1-3H3. The Kier molecular flexibility index (Phi) is 6.45. The van der Waals surface area contributed by atoms with Gasteiger partial charge in [-0.05, 0) is 61.4 Å². The largest absolute Gasteiger partial charge is 0.305 e. The predicted molar refractivity (Wildman–Crippen MR) is 131 cm³/mol. The van der Waals surface area contributed by atoms with E-state index in [9.17, 15) is 18.4 Å². The third kappa shape index (κ3) is 4.55. The van der Waals surface area contributed by atoms with E-state index in [1.165, 1.54) is 31.2 Å². The number of halogens is 3. The van der Waals surface area contributed by atoms with Crippen molar-refractivity contribution in [1.29, 1.82) is 0 Å². The van der Waals surface area contributed by atoms with Crippen LogP contribution in [0.15, 0.2) is 72.8 Å². The third-order valence-electron chi connectivity index (χ3n) is 6.17. The molecule has 2 atom stereocenters. The Hall–Kier alpha value is -3.25. The van der Waals surface area contributed by atoms with Crippen molar-refractivity contribution < 1.29 is 18.4 Å². The molecule has 2 unspecified atom stereocenters. The Morgan fingerprint density at radius 1 is 1.00 bits per heavy atom. The average Bonchev–Trinajstić information content (AvgIpc) is 2.79. The molecule has 4 rings (SSSR count). The van der Waals surface area contributed by atoms with Crippen molar-refractivity contribution in [3.05, 3.63) is 94.5 Å². The lowest BCUT2D eigenvalue weighted by atomic mass is 9.89. The fourth-order valence-electron chi connectivity index (χ4n) is 4.56.